The normalized spacial score (nSPS) is 12.9. The minimum absolute atomic E-state index is 0.127. The van der Waals surface area contributed by atoms with Gasteiger partial charge >= 0.3 is 0 Å². The average molecular weight is 745 g/mol. The Labute approximate surface area is 339 Å². The van der Waals surface area contributed by atoms with E-state index < -0.39 is 0 Å². The summed E-state index contributed by atoms with van der Waals surface area (Å²) < 4.78 is 6.93. The molecule has 2 aliphatic rings. The molecule has 0 saturated heterocycles. The number of hydrogen-bond acceptors (Lipinski definition) is 3. The molecular formula is C55H40N2O. The number of benzene rings is 9. The molecule has 11 rings (SSSR count). The third-order valence-corrected chi connectivity index (χ3v) is 12.0. The van der Waals surface area contributed by atoms with Crippen LogP contribution in [0.4, 0.5) is 34.1 Å². The number of anilines is 6. The molecule has 0 amide bonds. The van der Waals surface area contributed by atoms with Gasteiger partial charge in [0.1, 0.15) is 11.5 Å². The van der Waals surface area contributed by atoms with E-state index in [1.54, 1.807) is 0 Å². The van der Waals surface area contributed by atoms with E-state index in [0.717, 1.165) is 67.5 Å². The number of para-hydroxylation sites is 2. The summed E-state index contributed by atoms with van der Waals surface area (Å²) in [4.78, 5) is 4.74. The standard InChI is InChI=1S/C55H40N2O/c1-55(2)47-25-13-12-22-45(47)54-48(55)26-15-27-50(54)57(41-30-28-38(29-31-41)37-16-6-3-7-17-37)49-34-35-51-53-44(23-14-24-46(49)53)43-33-32-42(36-52(43)58-51)56(39-18-8-4-9-19-39)40-20-10-5-11-21-40/h3-36H,1-2H3. The second-order valence-electron chi connectivity index (χ2n) is 15.7. The molecule has 1 aliphatic carbocycles. The quantitative estimate of drug-likeness (QED) is 0.162. The van der Waals surface area contributed by atoms with Gasteiger partial charge in [0.05, 0.1) is 11.4 Å². The number of hydrogen-bond donors (Lipinski definition) is 0. The van der Waals surface area contributed by atoms with Crippen molar-refractivity contribution in [3.63, 3.8) is 0 Å². The molecule has 9 aromatic carbocycles. The Hall–Kier alpha value is -7.36. The van der Waals surface area contributed by atoms with E-state index >= 15 is 0 Å². The summed E-state index contributed by atoms with van der Waals surface area (Å²) in [7, 11) is 0. The first-order chi connectivity index (χ1) is 28.5. The molecule has 0 atom stereocenters. The van der Waals surface area contributed by atoms with Crippen molar-refractivity contribution >= 4 is 44.9 Å². The van der Waals surface area contributed by atoms with Gasteiger partial charge in [-0.05, 0) is 100 Å². The van der Waals surface area contributed by atoms with Crippen LogP contribution in [0.1, 0.15) is 25.0 Å². The van der Waals surface area contributed by atoms with Crippen molar-refractivity contribution in [3.8, 4) is 44.9 Å². The average Bonchev–Trinajstić information content (AvgIpc) is 3.52. The fourth-order valence-electron chi connectivity index (χ4n) is 9.30. The Morgan fingerprint density at radius 3 is 1.71 bits per heavy atom. The molecule has 1 aliphatic heterocycles. The van der Waals surface area contributed by atoms with E-state index in [4.69, 9.17) is 4.74 Å². The number of ether oxygens (including phenoxy) is 1. The van der Waals surface area contributed by atoms with Crippen molar-refractivity contribution in [3.05, 3.63) is 217 Å². The van der Waals surface area contributed by atoms with Crippen LogP contribution < -0.4 is 14.5 Å². The van der Waals surface area contributed by atoms with Crippen molar-refractivity contribution in [2.75, 3.05) is 9.80 Å². The van der Waals surface area contributed by atoms with E-state index in [9.17, 15) is 0 Å². The zero-order valence-corrected chi connectivity index (χ0v) is 32.4. The highest BCUT2D eigenvalue weighted by Gasteiger charge is 2.38. The van der Waals surface area contributed by atoms with Crippen LogP contribution in [0.2, 0.25) is 0 Å². The van der Waals surface area contributed by atoms with E-state index in [1.165, 1.54) is 33.4 Å². The number of nitrogens with zero attached hydrogens (tertiary/aromatic N) is 2. The molecule has 0 saturated carbocycles. The summed E-state index contributed by atoms with van der Waals surface area (Å²) >= 11 is 0. The summed E-state index contributed by atoms with van der Waals surface area (Å²) in [6, 6.07) is 74.1. The fourth-order valence-corrected chi connectivity index (χ4v) is 9.30. The first-order valence-corrected chi connectivity index (χ1v) is 20.0. The lowest BCUT2D eigenvalue weighted by Gasteiger charge is -2.31. The zero-order valence-electron chi connectivity index (χ0n) is 32.4. The van der Waals surface area contributed by atoms with Gasteiger partial charge in [0.25, 0.3) is 0 Å². The predicted octanol–water partition coefficient (Wildman–Crippen LogP) is 15.5. The van der Waals surface area contributed by atoms with Crippen LogP contribution in [0.15, 0.2) is 206 Å². The second kappa shape index (κ2) is 13.4. The highest BCUT2D eigenvalue weighted by atomic mass is 16.5. The van der Waals surface area contributed by atoms with Gasteiger partial charge in [-0.15, -0.1) is 0 Å². The summed E-state index contributed by atoms with van der Waals surface area (Å²) in [5, 5.41) is 2.25. The Bertz CT molecular complexity index is 2950. The van der Waals surface area contributed by atoms with E-state index in [2.05, 4.69) is 230 Å². The molecule has 0 radical (unpaired) electrons. The molecule has 0 spiro atoms. The van der Waals surface area contributed by atoms with Crippen LogP contribution in [0.25, 0.3) is 44.2 Å². The third kappa shape index (κ3) is 5.35. The van der Waals surface area contributed by atoms with E-state index in [1.807, 2.05) is 0 Å². The monoisotopic (exact) mass is 744 g/mol. The van der Waals surface area contributed by atoms with Crippen LogP contribution in [0, 0.1) is 0 Å². The maximum absolute atomic E-state index is 6.93. The summed E-state index contributed by atoms with van der Waals surface area (Å²) in [6.45, 7) is 4.70. The molecule has 0 aromatic heterocycles. The van der Waals surface area contributed by atoms with Crippen LogP contribution >= 0.6 is 0 Å². The van der Waals surface area contributed by atoms with Crippen molar-refractivity contribution in [1.82, 2.24) is 0 Å². The van der Waals surface area contributed by atoms with Crippen LogP contribution in [0.5, 0.6) is 11.5 Å². The van der Waals surface area contributed by atoms with Gasteiger partial charge in [-0.3, -0.25) is 0 Å². The first kappa shape index (κ1) is 33.9. The van der Waals surface area contributed by atoms with Gasteiger partial charge in [-0.1, -0.05) is 147 Å². The SMILES string of the molecule is CC1(C)c2ccccc2-c2c(N(c3ccc(-c4ccccc4)cc3)c3ccc4c5c(cccc35)-c3ccc(N(c5ccccc5)c5ccccc5)cc3O4)cccc21. The van der Waals surface area contributed by atoms with Gasteiger partial charge in [-0.25, -0.2) is 0 Å². The predicted molar refractivity (Wildman–Crippen MR) is 242 cm³/mol. The topological polar surface area (TPSA) is 15.7 Å². The van der Waals surface area contributed by atoms with Crippen molar-refractivity contribution < 1.29 is 4.74 Å². The van der Waals surface area contributed by atoms with Gasteiger partial charge in [0.2, 0.25) is 0 Å². The molecule has 58 heavy (non-hydrogen) atoms. The molecule has 3 heteroatoms. The minimum atomic E-state index is -0.127. The van der Waals surface area contributed by atoms with Crippen molar-refractivity contribution in [2.24, 2.45) is 0 Å². The zero-order chi connectivity index (χ0) is 38.8. The Balaban J connectivity index is 1.09. The van der Waals surface area contributed by atoms with Gasteiger partial charge in [0, 0.05) is 56.1 Å². The highest BCUT2D eigenvalue weighted by molar-refractivity contribution is 6.12. The maximum Gasteiger partial charge on any atom is 0.137 e. The summed E-state index contributed by atoms with van der Waals surface area (Å²) in [6.07, 6.45) is 0. The van der Waals surface area contributed by atoms with Crippen molar-refractivity contribution in [2.45, 2.75) is 19.3 Å². The Kier molecular flexibility index (Phi) is 7.84. The largest absolute Gasteiger partial charge is 0.456 e. The lowest BCUT2D eigenvalue weighted by atomic mass is 9.82. The maximum atomic E-state index is 6.93. The number of fused-ring (bicyclic) bond motifs is 5. The molecule has 0 N–H and O–H groups in total. The lowest BCUT2D eigenvalue weighted by Crippen LogP contribution is -2.16. The molecule has 1 heterocycles. The third-order valence-electron chi connectivity index (χ3n) is 12.0. The first-order valence-electron chi connectivity index (χ1n) is 20.0. The molecule has 0 fully saturated rings. The fraction of sp³-hybridized carbons (Fsp3) is 0.0545. The molecule has 3 nitrogen and oxygen atoms in total. The van der Waals surface area contributed by atoms with Crippen LogP contribution in [-0.4, -0.2) is 0 Å². The molecule has 9 aromatic rings. The van der Waals surface area contributed by atoms with Gasteiger partial charge in [-0.2, -0.15) is 0 Å². The van der Waals surface area contributed by atoms with Crippen molar-refractivity contribution in [1.29, 1.82) is 0 Å². The van der Waals surface area contributed by atoms with Gasteiger partial charge < -0.3 is 14.5 Å². The van der Waals surface area contributed by atoms with Gasteiger partial charge in [0.15, 0.2) is 0 Å². The lowest BCUT2D eigenvalue weighted by molar-refractivity contribution is 0.487. The molecule has 0 bridgehead atoms. The summed E-state index contributed by atoms with van der Waals surface area (Å²) in [5.74, 6) is 1.70. The van der Waals surface area contributed by atoms with Crippen LogP contribution in [-0.2, 0) is 5.41 Å². The Morgan fingerprint density at radius 2 is 0.966 bits per heavy atom. The molecule has 276 valence electrons. The van der Waals surface area contributed by atoms with Crippen LogP contribution in [0.3, 0.4) is 0 Å². The smallest absolute Gasteiger partial charge is 0.137 e. The number of rotatable bonds is 7. The summed E-state index contributed by atoms with van der Waals surface area (Å²) in [5.41, 5.74) is 16.4. The molecule has 0 unspecified atom stereocenters. The Morgan fingerprint density at radius 1 is 0.379 bits per heavy atom. The van der Waals surface area contributed by atoms with E-state index in [-0.39, 0.29) is 5.41 Å². The van der Waals surface area contributed by atoms with E-state index in [0.29, 0.717) is 0 Å². The highest BCUT2D eigenvalue weighted by Crippen LogP contribution is 2.56. The molecular weight excluding hydrogens is 705 g/mol. The second-order valence-corrected chi connectivity index (χ2v) is 15.7. The minimum Gasteiger partial charge on any atom is -0.456 e.